The Hall–Kier alpha value is -2.94. The average molecular weight is 537 g/mol. The van der Waals surface area contributed by atoms with Crippen LogP contribution in [0.3, 0.4) is 0 Å². The minimum atomic E-state index is -0.322. The topological polar surface area (TPSA) is 49.9 Å². The molecule has 2 aliphatic heterocycles. The molecular formula is C25H17BrN2O3S2. The zero-order chi connectivity index (χ0) is 23.1. The molecule has 0 saturated carbocycles. The first kappa shape index (κ1) is 21.9. The molecule has 5 nitrogen and oxygen atoms in total. The molecule has 2 heterocycles. The van der Waals surface area contributed by atoms with E-state index in [2.05, 4.69) is 15.9 Å². The largest absolute Gasteiger partial charge is 0.495 e. The number of para-hydroxylation sites is 3. The fourth-order valence-corrected chi connectivity index (χ4v) is 5.82. The molecule has 0 atom stereocenters. The maximum absolute atomic E-state index is 13.7. The fraction of sp³-hybridized carbons (Fsp3) is 0.0800. The molecule has 164 valence electrons. The number of nitrogens with zero attached hydrogens (tertiary/aromatic N) is 2. The number of thioether (sulfide) groups is 1. The molecule has 33 heavy (non-hydrogen) atoms. The van der Waals surface area contributed by atoms with Crippen LogP contribution in [0.1, 0.15) is 11.1 Å². The third kappa shape index (κ3) is 3.78. The summed E-state index contributed by atoms with van der Waals surface area (Å²) in [5.41, 5.74) is 3.44. The molecule has 1 saturated heterocycles. The van der Waals surface area contributed by atoms with Crippen molar-refractivity contribution >= 4 is 73.0 Å². The van der Waals surface area contributed by atoms with Crippen LogP contribution in [-0.4, -0.2) is 23.2 Å². The molecule has 3 aromatic carbocycles. The van der Waals surface area contributed by atoms with Crippen LogP contribution >= 0.6 is 39.9 Å². The normalized spacial score (nSPS) is 17.7. The van der Waals surface area contributed by atoms with Crippen LogP contribution in [0.2, 0.25) is 0 Å². The van der Waals surface area contributed by atoms with E-state index in [4.69, 9.17) is 17.0 Å². The fourth-order valence-electron chi connectivity index (χ4n) is 4.02. The van der Waals surface area contributed by atoms with Crippen molar-refractivity contribution in [2.45, 2.75) is 6.54 Å². The maximum atomic E-state index is 13.7. The van der Waals surface area contributed by atoms with E-state index in [1.165, 1.54) is 4.90 Å². The van der Waals surface area contributed by atoms with E-state index in [-0.39, 0.29) is 11.8 Å². The number of thiocarbonyl (C=S) groups is 1. The Morgan fingerprint density at radius 1 is 0.939 bits per heavy atom. The molecule has 0 N–H and O–H groups in total. The zero-order valence-corrected chi connectivity index (χ0v) is 20.7. The third-order valence-electron chi connectivity index (χ3n) is 5.48. The summed E-state index contributed by atoms with van der Waals surface area (Å²) in [7, 11) is 1.55. The smallest absolute Gasteiger partial charge is 0.271 e. The number of ether oxygens (including phenoxy) is 1. The number of carbonyl (C=O) groups excluding carboxylic acids is 2. The van der Waals surface area contributed by atoms with Crippen molar-refractivity contribution in [2.75, 3.05) is 16.9 Å². The molecule has 1 fully saturated rings. The number of methoxy groups -OCH3 is 1. The summed E-state index contributed by atoms with van der Waals surface area (Å²) in [4.78, 5) is 30.7. The second-order valence-electron chi connectivity index (χ2n) is 7.42. The zero-order valence-electron chi connectivity index (χ0n) is 17.4. The summed E-state index contributed by atoms with van der Waals surface area (Å²) < 4.78 is 6.73. The van der Waals surface area contributed by atoms with Gasteiger partial charge in [0.05, 0.1) is 35.5 Å². The maximum Gasteiger partial charge on any atom is 0.271 e. The molecule has 0 radical (unpaired) electrons. The highest BCUT2D eigenvalue weighted by molar-refractivity contribution is 9.10. The Morgan fingerprint density at radius 2 is 1.67 bits per heavy atom. The molecule has 0 spiro atoms. The number of halogens is 1. The van der Waals surface area contributed by atoms with E-state index in [0.717, 1.165) is 33.0 Å². The van der Waals surface area contributed by atoms with E-state index in [1.54, 1.807) is 24.1 Å². The van der Waals surface area contributed by atoms with Crippen molar-refractivity contribution in [3.05, 3.63) is 93.3 Å². The number of benzene rings is 3. The van der Waals surface area contributed by atoms with Gasteiger partial charge in [-0.15, -0.1) is 0 Å². The van der Waals surface area contributed by atoms with Crippen LogP contribution < -0.4 is 14.5 Å². The molecule has 8 heteroatoms. The predicted molar refractivity (Wildman–Crippen MR) is 139 cm³/mol. The molecular weight excluding hydrogens is 520 g/mol. The van der Waals surface area contributed by atoms with Gasteiger partial charge in [-0.1, -0.05) is 82.4 Å². The van der Waals surface area contributed by atoms with Crippen molar-refractivity contribution in [1.29, 1.82) is 0 Å². The molecule has 2 aliphatic rings. The number of amides is 2. The Balaban J connectivity index is 1.59. The van der Waals surface area contributed by atoms with Crippen molar-refractivity contribution in [2.24, 2.45) is 0 Å². The lowest BCUT2D eigenvalue weighted by atomic mass is 10.1. The van der Waals surface area contributed by atoms with Gasteiger partial charge in [-0.25, -0.2) is 0 Å². The summed E-state index contributed by atoms with van der Waals surface area (Å²) in [5.74, 6) is 0.00291. The van der Waals surface area contributed by atoms with E-state index < -0.39 is 0 Å². The SMILES string of the molecule is COc1ccccc1N1C(=O)C(=C2C(=O)N(Cc3cccc(Br)c3)c3ccccc32)SC1=S. The van der Waals surface area contributed by atoms with Crippen LogP contribution in [0.5, 0.6) is 5.75 Å². The van der Waals surface area contributed by atoms with Gasteiger partial charge in [0, 0.05) is 10.0 Å². The van der Waals surface area contributed by atoms with Crippen LogP contribution in [-0.2, 0) is 16.1 Å². The number of carbonyl (C=O) groups is 2. The third-order valence-corrected chi connectivity index (χ3v) is 7.34. The van der Waals surface area contributed by atoms with E-state index in [9.17, 15) is 9.59 Å². The van der Waals surface area contributed by atoms with Gasteiger partial charge in [-0.3, -0.25) is 14.5 Å². The first-order chi connectivity index (χ1) is 16.0. The highest BCUT2D eigenvalue weighted by atomic mass is 79.9. The number of fused-ring (bicyclic) bond motifs is 1. The first-order valence-corrected chi connectivity index (χ1v) is 12.1. The van der Waals surface area contributed by atoms with E-state index in [1.807, 2.05) is 60.7 Å². The quantitative estimate of drug-likeness (QED) is 0.312. The van der Waals surface area contributed by atoms with Gasteiger partial charge in [-0.05, 0) is 35.9 Å². The molecule has 3 aromatic rings. The Morgan fingerprint density at radius 3 is 2.42 bits per heavy atom. The lowest BCUT2D eigenvalue weighted by Gasteiger charge is -2.18. The molecule has 0 bridgehead atoms. The van der Waals surface area contributed by atoms with Crippen molar-refractivity contribution in [1.82, 2.24) is 0 Å². The summed E-state index contributed by atoms with van der Waals surface area (Å²) in [6.45, 7) is 0.394. The predicted octanol–water partition coefficient (Wildman–Crippen LogP) is 5.78. The minimum absolute atomic E-state index is 0.211. The van der Waals surface area contributed by atoms with Gasteiger partial charge in [-0.2, -0.15) is 0 Å². The minimum Gasteiger partial charge on any atom is -0.495 e. The van der Waals surface area contributed by atoms with Gasteiger partial charge < -0.3 is 9.64 Å². The molecule has 2 amide bonds. The van der Waals surface area contributed by atoms with Crippen LogP contribution in [0.4, 0.5) is 11.4 Å². The van der Waals surface area contributed by atoms with Crippen LogP contribution in [0.25, 0.3) is 5.57 Å². The second-order valence-corrected chi connectivity index (χ2v) is 9.98. The first-order valence-electron chi connectivity index (χ1n) is 10.1. The Kier molecular flexibility index (Phi) is 5.82. The summed E-state index contributed by atoms with van der Waals surface area (Å²) >= 11 is 10.2. The van der Waals surface area contributed by atoms with E-state index >= 15 is 0 Å². The van der Waals surface area contributed by atoms with Gasteiger partial charge in [0.15, 0.2) is 4.32 Å². The summed E-state index contributed by atoms with van der Waals surface area (Å²) in [5, 5.41) is 0. The summed E-state index contributed by atoms with van der Waals surface area (Å²) in [6.07, 6.45) is 0. The second kappa shape index (κ2) is 8.78. The van der Waals surface area contributed by atoms with Gasteiger partial charge in [0.25, 0.3) is 11.8 Å². The number of hydrogen-bond donors (Lipinski definition) is 0. The van der Waals surface area contributed by atoms with Crippen molar-refractivity contribution < 1.29 is 14.3 Å². The van der Waals surface area contributed by atoms with Crippen LogP contribution in [0, 0.1) is 0 Å². The molecule has 0 unspecified atom stereocenters. The van der Waals surface area contributed by atoms with Crippen molar-refractivity contribution in [3.63, 3.8) is 0 Å². The molecule has 0 aromatic heterocycles. The lowest BCUT2D eigenvalue weighted by Crippen LogP contribution is -2.29. The monoisotopic (exact) mass is 536 g/mol. The standard InChI is InChI=1S/C25H17BrN2O3S2/c1-31-20-12-5-4-11-19(20)28-24(30)22(33-25(28)32)21-17-9-2-3-10-18(17)27(23(21)29)14-15-7-6-8-16(26)13-15/h2-13H,14H2,1H3. The molecule has 0 aliphatic carbocycles. The van der Waals surface area contributed by atoms with Crippen molar-refractivity contribution in [3.8, 4) is 5.75 Å². The highest BCUT2D eigenvalue weighted by Crippen LogP contribution is 2.47. The van der Waals surface area contributed by atoms with Crippen LogP contribution in [0.15, 0.2) is 82.2 Å². The van der Waals surface area contributed by atoms with Gasteiger partial charge in [0.1, 0.15) is 5.75 Å². The summed E-state index contributed by atoms with van der Waals surface area (Å²) in [6, 6.07) is 22.6. The Labute approximate surface area is 209 Å². The average Bonchev–Trinajstić information content (AvgIpc) is 3.26. The van der Waals surface area contributed by atoms with Gasteiger partial charge in [0.2, 0.25) is 0 Å². The lowest BCUT2D eigenvalue weighted by molar-refractivity contribution is -0.115. The van der Waals surface area contributed by atoms with Gasteiger partial charge >= 0.3 is 0 Å². The number of anilines is 2. The highest BCUT2D eigenvalue weighted by Gasteiger charge is 2.43. The molecule has 5 rings (SSSR count). The number of hydrogen-bond acceptors (Lipinski definition) is 5. The van der Waals surface area contributed by atoms with E-state index in [0.29, 0.717) is 32.8 Å². The Bertz CT molecular complexity index is 1350. The number of rotatable bonds is 4.